The largest absolute Gasteiger partial charge is 0.367 e. The van der Waals surface area contributed by atoms with Gasteiger partial charge in [-0.25, -0.2) is 0 Å². The molecule has 4 nitrogen and oxygen atoms in total. The molecule has 1 aromatic heterocycles. The number of carbonyl (C=O) groups excluding carboxylic acids is 1. The van der Waals surface area contributed by atoms with Crippen molar-refractivity contribution in [3.8, 4) is 0 Å². The first-order chi connectivity index (χ1) is 8.09. The van der Waals surface area contributed by atoms with Crippen molar-refractivity contribution >= 4 is 5.91 Å². The number of H-pyrrole nitrogens is 1. The maximum absolute atomic E-state index is 11.9. The molecule has 17 heavy (non-hydrogen) atoms. The molecule has 0 bridgehead atoms. The molecule has 3 unspecified atom stereocenters. The van der Waals surface area contributed by atoms with Crippen LogP contribution in [0.25, 0.3) is 0 Å². The Morgan fingerprint density at radius 1 is 1.41 bits per heavy atom. The van der Waals surface area contributed by atoms with Crippen LogP contribution in [0.2, 0.25) is 0 Å². The normalized spacial score (nSPS) is 28.0. The molecule has 1 saturated carbocycles. The Morgan fingerprint density at radius 2 is 2.18 bits per heavy atom. The van der Waals surface area contributed by atoms with Crippen LogP contribution in [-0.4, -0.2) is 16.9 Å². The van der Waals surface area contributed by atoms with Crippen LogP contribution in [0.5, 0.6) is 0 Å². The van der Waals surface area contributed by atoms with Crippen molar-refractivity contribution in [1.82, 2.24) is 10.3 Å². The molecule has 0 saturated heterocycles. The molecule has 2 N–H and O–H groups in total. The van der Waals surface area contributed by atoms with Crippen molar-refractivity contribution in [1.29, 1.82) is 0 Å². The Hall–Kier alpha value is -1.58. The fourth-order valence-electron chi connectivity index (χ4n) is 2.41. The lowest BCUT2D eigenvalue weighted by Crippen LogP contribution is -2.39. The summed E-state index contributed by atoms with van der Waals surface area (Å²) >= 11 is 0. The van der Waals surface area contributed by atoms with Crippen LogP contribution in [0.15, 0.2) is 23.3 Å². The second-order valence-electron chi connectivity index (χ2n) is 4.92. The predicted molar refractivity (Wildman–Crippen MR) is 65.9 cm³/mol. The van der Waals surface area contributed by atoms with E-state index in [0.717, 1.165) is 12.8 Å². The van der Waals surface area contributed by atoms with Crippen molar-refractivity contribution in [3.63, 3.8) is 0 Å². The van der Waals surface area contributed by atoms with Gasteiger partial charge in [-0.2, -0.15) is 0 Å². The van der Waals surface area contributed by atoms with Gasteiger partial charge in [0.1, 0.15) is 5.56 Å². The van der Waals surface area contributed by atoms with Gasteiger partial charge in [0.15, 0.2) is 5.43 Å². The highest BCUT2D eigenvalue weighted by atomic mass is 16.2. The minimum atomic E-state index is -0.266. The number of carbonyl (C=O) groups is 1. The molecule has 1 aromatic rings. The van der Waals surface area contributed by atoms with E-state index < -0.39 is 0 Å². The number of hydrogen-bond acceptors (Lipinski definition) is 2. The number of nitrogens with one attached hydrogen (secondary N) is 2. The fraction of sp³-hybridized carbons (Fsp3) is 0.538. The Balaban J connectivity index is 2.08. The number of amides is 1. The summed E-state index contributed by atoms with van der Waals surface area (Å²) in [5.74, 6) is 0.842. The number of aromatic amines is 1. The summed E-state index contributed by atoms with van der Waals surface area (Å²) in [4.78, 5) is 26.2. The number of rotatable bonds is 2. The summed E-state index contributed by atoms with van der Waals surface area (Å²) in [5.41, 5.74) is -0.0424. The van der Waals surface area contributed by atoms with E-state index in [4.69, 9.17) is 0 Å². The molecule has 2 rings (SSSR count). The third-order valence-corrected chi connectivity index (χ3v) is 3.85. The second kappa shape index (κ2) is 4.73. The minimum Gasteiger partial charge on any atom is -0.367 e. The molecule has 0 aliphatic heterocycles. The van der Waals surface area contributed by atoms with E-state index in [2.05, 4.69) is 24.1 Å². The van der Waals surface area contributed by atoms with E-state index in [1.807, 2.05) is 0 Å². The lowest BCUT2D eigenvalue weighted by atomic mass is 9.97. The lowest BCUT2D eigenvalue weighted by molar-refractivity contribution is 0.0926. The molecule has 1 fully saturated rings. The summed E-state index contributed by atoms with van der Waals surface area (Å²) in [5, 5.41) is 2.96. The Bertz CT molecular complexity index is 466. The topological polar surface area (TPSA) is 62.0 Å². The molecule has 3 atom stereocenters. The molecule has 1 heterocycles. The van der Waals surface area contributed by atoms with Gasteiger partial charge in [-0.3, -0.25) is 9.59 Å². The zero-order valence-corrected chi connectivity index (χ0v) is 10.2. The zero-order chi connectivity index (χ0) is 12.4. The lowest BCUT2D eigenvalue weighted by Gasteiger charge is -2.19. The van der Waals surface area contributed by atoms with Crippen LogP contribution in [0.3, 0.4) is 0 Å². The standard InChI is InChI=1S/C13H18N2O2/c1-8-3-4-11(9(8)2)15-13(17)10-7-14-6-5-12(10)16/h5-9,11H,3-4H2,1-2H3,(H,14,16)(H,15,17). The summed E-state index contributed by atoms with van der Waals surface area (Å²) < 4.78 is 0. The predicted octanol–water partition coefficient (Wildman–Crippen LogP) is 1.54. The van der Waals surface area contributed by atoms with Gasteiger partial charge < -0.3 is 10.3 Å². The highest BCUT2D eigenvalue weighted by molar-refractivity contribution is 5.93. The molecule has 0 spiro atoms. The van der Waals surface area contributed by atoms with Gasteiger partial charge in [0.25, 0.3) is 5.91 Å². The fourth-order valence-corrected chi connectivity index (χ4v) is 2.41. The van der Waals surface area contributed by atoms with Crippen molar-refractivity contribution in [3.05, 3.63) is 34.2 Å². The molecule has 1 aliphatic rings. The molecule has 0 radical (unpaired) electrons. The molecular formula is C13H18N2O2. The summed E-state index contributed by atoms with van der Waals surface area (Å²) in [7, 11) is 0. The zero-order valence-electron chi connectivity index (χ0n) is 10.2. The summed E-state index contributed by atoms with van der Waals surface area (Å²) in [6.45, 7) is 4.35. The molecule has 4 heteroatoms. The third kappa shape index (κ3) is 2.40. The van der Waals surface area contributed by atoms with E-state index in [0.29, 0.717) is 11.8 Å². The number of pyridine rings is 1. The van der Waals surface area contributed by atoms with Gasteiger partial charge in [0, 0.05) is 24.5 Å². The minimum absolute atomic E-state index is 0.192. The average molecular weight is 234 g/mol. The first kappa shape index (κ1) is 11.9. The Kier molecular flexibility index (Phi) is 3.31. The van der Waals surface area contributed by atoms with Crippen LogP contribution in [0.1, 0.15) is 37.0 Å². The Morgan fingerprint density at radius 3 is 2.76 bits per heavy atom. The van der Waals surface area contributed by atoms with E-state index >= 15 is 0 Å². The molecular weight excluding hydrogens is 216 g/mol. The molecule has 1 aliphatic carbocycles. The van der Waals surface area contributed by atoms with Crippen molar-refractivity contribution in [2.45, 2.75) is 32.7 Å². The van der Waals surface area contributed by atoms with E-state index in [9.17, 15) is 9.59 Å². The van der Waals surface area contributed by atoms with E-state index in [-0.39, 0.29) is 22.9 Å². The summed E-state index contributed by atoms with van der Waals surface area (Å²) in [6.07, 6.45) is 5.12. The van der Waals surface area contributed by atoms with Crippen LogP contribution in [0.4, 0.5) is 0 Å². The van der Waals surface area contributed by atoms with Gasteiger partial charge in [0.2, 0.25) is 0 Å². The monoisotopic (exact) mass is 234 g/mol. The van der Waals surface area contributed by atoms with Gasteiger partial charge in [-0.1, -0.05) is 13.8 Å². The SMILES string of the molecule is CC1CCC(NC(=O)c2c[nH]ccc2=O)C1C. The quantitative estimate of drug-likeness (QED) is 0.815. The number of aromatic nitrogens is 1. The van der Waals surface area contributed by atoms with Crippen molar-refractivity contribution < 1.29 is 4.79 Å². The van der Waals surface area contributed by atoms with Crippen molar-refractivity contribution in [2.24, 2.45) is 11.8 Å². The van der Waals surface area contributed by atoms with E-state index in [1.165, 1.54) is 18.5 Å². The third-order valence-electron chi connectivity index (χ3n) is 3.85. The van der Waals surface area contributed by atoms with Crippen LogP contribution in [0, 0.1) is 11.8 Å². The van der Waals surface area contributed by atoms with Gasteiger partial charge in [0.05, 0.1) is 0 Å². The van der Waals surface area contributed by atoms with E-state index in [1.54, 1.807) is 0 Å². The average Bonchev–Trinajstić information content (AvgIpc) is 2.61. The van der Waals surface area contributed by atoms with Crippen LogP contribution >= 0.6 is 0 Å². The van der Waals surface area contributed by atoms with Crippen LogP contribution < -0.4 is 10.7 Å². The first-order valence-corrected chi connectivity index (χ1v) is 6.07. The second-order valence-corrected chi connectivity index (χ2v) is 4.92. The van der Waals surface area contributed by atoms with Gasteiger partial charge >= 0.3 is 0 Å². The molecule has 0 aromatic carbocycles. The maximum atomic E-state index is 11.9. The van der Waals surface area contributed by atoms with Gasteiger partial charge in [-0.05, 0) is 24.7 Å². The van der Waals surface area contributed by atoms with Crippen LogP contribution in [-0.2, 0) is 0 Å². The maximum Gasteiger partial charge on any atom is 0.256 e. The van der Waals surface area contributed by atoms with Crippen molar-refractivity contribution in [2.75, 3.05) is 0 Å². The smallest absolute Gasteiger partial charge is 0.256 e. The highest BCUT2D eigenvalue weighted by Crippen LogP contribution is 2.31. The molecule has 92 valence electrons. The van der Waals surface area contributed by atoms with Gasteiger partial charge in [-0.15, -0.1) is 0 Å². The number of hydrogen-bond donors (Lipinski definition) is 2. The molecule has 1 amide bonds. The summed E-state index contributed by atoms with van der Waals surface area (Å²) in [6, 6.07) is 1.56. The first-order valence-electron chi connectivity index (χ1n) is 6.07. The highest BCUT2D eigenvalue weighted by Gasteiger charge is 2.31. The Labute approximate surface area is 100 Å².